The van der Waals surface area contributed by atoms with Crippen LogP contribution in [-0.2, 0) is 28.6 Å². The molecule has 0 N–H and O–H groups in total. The van der Waals surface area contributed by atoms with Crippen molar-refractivity contribution < 1.29 is 28.6 Å². The molecule has 0 saturated carbocycles. The van der Waals surface area contributed by atoms with Crippen LogP contribution < -0.4 is 0 Å². The van der Waals surface area contributed by atoms with Gasteiger partial charge in [-0.05, 0) is 31.1 Å². The summed E-state index contributed by atoms with van der Waals surface area (Å²) in [6.07, 6.45) is 33.8. The van der Waals surface area contributed by atoms with Crippen LogP contribution >= 0.6 is 0 Å². The van der Waals surface area contributed by atoms with Crippen LogP contribution in [-0.4, -0.2) is 37.2 Å². The molecule has 0 aliphatic heterocycles. The zero-order valence-corrected chi connectivity index (χ0v) is 34.0. The summed E-state index contributed by atoms with van der Waals surface area (Å²) >= 11 is 0. The van der Waals surface area contributed by atoms with Crippen molar-refractivity contribution in [1.82, 2.24) is 0 Å². The number of rotatable bonds is 38. The van der Waals surface area contributed by atoms with E-state index < -0.39 is 6.10 Å². The van der Waals surface area contributed by atoms with Crippen molar-refractivity contribution in [2.75, 3.05) is 13.2 Å². The molecule has 50 heavy (non-hydrogen) atoms. The highest BCUT2D eigenvalue weighted by Gasteiger charge is 2.19. The lowest BCUT2D eigenvalue weighted by Crippen LogP contribution is -2.30. The van der Waals surface area contributed by atoms with Crippen LogP contribution in [0.15, 0.2) is 0 Å². The van der Waals surface area contributed by atoms with E-state index in [0.29, 0.717) is 19.3 Å². The third-order valence-corrected chi connectivity index (χ3v) is 9.72. The molecule has 0 heterocycles. The molecular formula is C44H84O6. The van der Waals surface area contributed by atoms with Crippen LogP contribution in [0.2, 0.25) is 0 Å². The van der Waals surface area contributed by atoms with Gasteiger partial charge in [0, 0.05) is 19.3 Å². The Hall–Kier alpha value is -1.59. The minimum absolute atomic E-state index is 0.0660. The number of hydrogen-bond donors (Lipinski definition) is 0. The predicted octanol–water partition coefficient (Wildman–Crippen LogP) is 13.4. The van der Waals surface area contributed by atoms with Gasteiger partial charge in [0.1, 0.15) is 13.2 Å². The van der Waals surface area contributed by atoms with E-state index in [9.17, 15) is 14.4 Å². The Morgan fingerprint density at radius 2 is 0.660 bits per heavy atom. The number of carbonyl (C=O) groups is 3. The lowest BCUT2D eigenvalue weighted by atomic mass is 10.0. The van der Waals surface area contributed by atoms with E-state index in [4.69, 9.17) is 14.2 Å². The summed E-state index contributed by atoms with van der Waals surface area (Å²) in [5.41, 5.74) is 0. The van der Waals surface area contributed by atoms with Gasteiger partial charge in [-0.25, -0.2) is 0 Å². The monoisotopic (exact) mass is 709 g/mol. The molecule has 0 amide bonds. The molecule has 0 aliphatic rings. The number of hydrogen-bond acceptors (Lipinski definition) is 6. The molecule has 0 radical (unpaired) electrons. The zero-order valence-electron chi connectivity index (χ0n) is 34.0. The van der Waals surface area contributed by atoms with Crippen molar-refractivity contribution in [2.45, 2.75) is 240 Å². The van der Waals surface area contributed by atoms with Gasteiger partial charge < -0.3 is 14.2 Å². The Morgan fingerprint density at radius 3 is 0.980 bits per heavy atom. The Morgan fingerprint density at radius 1 is 0.380 bits per heavy atom. The van der Waals surface area contributed by atoms with Gasteiger partial charge >= 0.3 is 17.9 Å². The highest BCUT2D eigenvalue weighted by atomic mass is 16.6. The summed E-state index contributed by atoms with van der Waals surface area (Å²) in [7, 11) is 0. The minimum Gasteiger partial charge on any atom is -0.462 e. The molecule has 0 bridgehead atoms. The maximum Gasteiger partial charge on any atom is 0.306 e. The van der Waals surface area contributed by atoms with Crippen molar-refractivity contribution in [1.29, 1.82) is 0 Å². The van der Waals surface area contributed by atoms with Crippen LogP contribution in [0.25, 0.3) is 0 Å². The highest BCUT2D eigenvalue weighted by molar-refractivity contribution is 5.71. The molecule has 0 aliphatic carbocycles. The standard InChI is InChI=1S/C44H84O6/c1-6-7-8-9-10-11-12-13-19-24-29-34-42(45)48-37-41(50-44(47)36-31-26-21-16-18-23-28-33-40(4)5)38-49-43(46)35-30-25-20-15-14-17-22-27-32-39(2)3/h39-41H,6-38H2,1-5H3/t41-/m1/s1. The highest BCUT2D eigenvalue weighted by Crippen LogP contribution is 2.16. The van der Waals surface area contributed by atoms with E-state index in [2.05, 4.69) is 34.6 Å². The van der Waals surface area contributed by atoms with E-state index in [0.717, 1.165) is 69.6 Å². The Kier molecular flexibility index (Phi) is 36.0. The smallest absolute Gasteiger partial charge is 0.306 e. The SMILES string of the molecule is CCCCCCCCCCCCCC(=O)OC[C@H](COC(=O)CCCCCCCCCCC(C)C)OC(=O)CCCCCCCCCC(C)C. The molecule has 0 unspecified atom stereocenters. The van der Waals surface area contributed by atoms with Crippen LogP contribution in [0.3, 0.4) is 0 Å². The Labute approximate surface area is 310 Å². The second-order valence-electron chi connectivity index (χ2n) is 15.9. The maximum atomic E-state index is 12.6. The van der Waals surface area contributed by atoms with Crippen molar-refractivity contribution in [3.8, 4) is 0 Å². The van der Waals surface area contributed by atoms with E-state index >= 15 is 0 Å². The van der Waals surface area contributed by atoms with Crippen LogP contribution in [0, 0.1) is 11.8 Å². The summed E-state index contributed by atoms with van der Waals surface area (Å²) < 4.78 is 16.7. The molecule has 0 aromatic heterocycles. The second-order valence-corrected chi connectivity index (χ2v) is 15.9. The Bertz CT molecular complexity index is 764. The van der Waals surface area contributed by atoms with E-state index in [1.807, 2.05) is 0 Å². The van der Waals surface area contributed by atoms with E-state index in [1.165, 1.54) is 122 Å². The lowest BCUT2D eigenvalue weighted by molar-refractivity contribution is -0.167. The van der Waals surface area contributed by atoms with Crippen molar-refractivity contribution in [3.63, 3.8) is 0 Å². The zero-order chi connectivity index (χ0) is 36.9. The average Bonchev–Trinajstić information content (AvgIpc) is 3.08. The third kappa shape index (κ3) is 37.7. The largest absolute Gasteiger partial charge is 0.462 e. The number of esters is 3. The summed E-state index contributed by atoms with van der Waals surface area (Å²) in [5.74, 6) is 0.709. The molecule has 0 rings (SSSR count). The minimum atomic E-state index is -0.760. The predicted molar refractivity (Wildman–Crippen MR) is 210 cm³/mol. The number of unbranched alkanes of at least 4 members (excludes halogenated alkanes) is 23. The van der Waals surface area contributed by atoms with Crippen LogP contribution in [0.4, 0.5) is 0 Å². The quantitative estimate of drug-likeness (QED) is 0.0361. The third-order valence-electron chi connectivity index (χ3n) is 9.72. The van der Waals surface area contributed by atoms with Gasteiger partial charge in [-0.1, -0.05) is 195 Å². The molecular weight excluding hydrogens is 624 g/mol. The number of ether oxygens (including phenoxy) is 3. The normalized spacial score (nSPS) is 12.1. The van der Waals surface area contributed by atoms with Crippen molar-refractivity contribution in [3.05, 3.63) is 0 Å². The fourth-order valence-corrected chi connectivity index (χ4v) is 6.40. The molecule has 0 aromatic carbocycles. The maximum absolute atomic E-state index is 12.6. The van der Waals surface area contributed by atoms with Crippen LogP contribution in [0.5, 0.6) is 0 Å². The Balaban J connectivity index is 4.35. The van der Waals surface area contributed by atoms with Gasteiger partial charge in [0.25, 0.3) is 0 Å². The molecule has 0 fully saturated rings. The van der Waals surface area contributed by atoms with Crippen LogP contribution in [0.1, 0.15) is 234 Å². The molecule has 296 valence electrons. The first-order valence-corrected chi connectivity index (χ1v) is 21.7. The molecule has 6 nitrogen and oxygen atoms in total. The van der Waals surface area contributed by atoms with Gasteiger partial charge in [-0.15, -0.1) is 0 Å². The molecule has 6 heteroatoms. The average molecular weight is 709 g/mol. The van der Waals surface area contributed by atoms with Gasteiger partial charge in [0.05, 0.1) is 0 Å². The topological polar surface area (TPSA) is 78.9 Å². The molecule has 1 atom stereocenters. The first kappa shape index (κ1) is 48.4. The van der Waals surface area contributed by atoms with Crippen molar-refractivity contribution in [2.24, 2.45) is 11.8 Å². The summed E-state index contributed by atoms with van der Waals surface area (Å²) in [5, 5.41) is 0. The molecule has 0 aromatic rings. The lowest BCUT2D eigenvalue weighted by Gasteiger charge is -2.18. The summed E-state index contributed by atoms with van der Waals surface area (Å²) in [4.78, 5) is 37.6. The first-order chi connectivity index (χ1) is 24.2. The van der Waals surface area contributed by atoms with E-state index in [-0.39, 0.29) is 31.1 Å². The summed E-state index contributed by atoms with van der Waals surface area (Å²) in [6.45, 7) is 11.2. The molecule has 0 spiro atoms. The van der Waals surface area contributed by atoms with Gasteiger partial charge in [0.15, 0.2) is 6.10 Å². The van der Waals surface area contributed by atoms with Gasteiger partial charge in [-0.2, -0.15) is 0 Å². The molecule has 0 saturated heterocycles. The fourth-order valence-electron chi connectivity index (χ4n) is 6.40. The van der Waals surface area contributed by atoms with Gasteiger partial charge in [0.2, 0.25) is 0 Å². The fraction of sp³-hybridized carbons (Fsp3) is 0.932. The van der Waals surface area contributed by atoms with Gasteiger partial charge in [-0.3, -0.25) is 14.4 Å². The summed E-state index contributed by atoms with van der Waals surface area (Å²) in [6, 6.07) is 0. The first-order valence-electron chi connectivity index (χ1n) is 21.7. The van der Waals surface area contributed by atoms with E-state index in [1.54, 1.807) is 0 Å². The van der Waals surface area contributed by atoms with Crippen molar-refractivity contribution >= 4 is 17.9 Å². The number of carbonyl (C=O) groups excluding carboxylic acids is 3. The second kappa shape index (κ2) is 37.2.